The Morgan fingerprint density at radius 3 is 2.60 bits per heavy atom. The van der Waals surface area contributed by atoms with Gasteiger partial charge in [0.15, 0.2) is 0 Å². The van der Waals surface area contributed by atoms with E-state index in [1.54, 1.807) is 4.68 Å². The van der Waals surface area contributed by atoms with Crippen LogP contribution in [0.1, 0.15) is 30.9 Å². The standard InChI is InChI=1S/C18H27N5OS/c1-13-7-9-22(10-8-13)11-16(24)12-25-18-19-20-21-23(18)17-14(2)5-4-6-15(17)3/h4-6,13,16,24H,7-12H2,1-3H3. The van der Waals surface area contributed by atoms with E-state index in [1.807, 2.05) is 6.07 Å². The minimum atomic E-state index is -0.374. The van der Waals surface area contributed by atoms with Gasteiger partial charge in [0.2, 0.25) is 5.16 Å². The van der Waals surface area contributed by atoms with Crippen LogP contribution < -0.4 is 0 Å². The summed E-state index contributed by atoms with van der Waals surface area (Å²) in [5.74, 6) is 1.40. The van der Waals surface area contributed by atoms with Crippen LogP contribution in [0.2, 0.25) is 0 Å². The van der Waals surface area contributed by atoms with Crippen molar-refractivity contribution in [1.29, 1.82) is 0 Å². The van der Waals surface area contributed by atoms with Crippen LogP contribution in [0.3, 0.4) is 0 Å². The largest absolute Gasteiger partial charge is 0.391 e. The van der Waals surface area contributed by atoms with Gasteiger partial charge in [-0.3, -0.25) is 0 Å². The number of aliphatic hydroxyl groups excluding tert-OH is 1. The van der Waals surface area contributed by atoms with Gasteiger partial charge in [0.05, 0.1) is 11.8 Å². The Morgan fingerprint density at radius 2 is 1.92 bits per heavy atom. The molecule has 6 nitrogen and oxygen atoms in total. The Balaban J connectivity index is 1.60. The molecule has 2 heterocycles. The van der Waals surface area contributed by atoms with Crippen molar-refractivity contribution < 1.29 is 5.11 Å². The molecule has 136 valence electrons. The summed E-state index contributed by atoms with van der Waals surface area (Å²) in [7, 11) is 0. The molecule has 1 unspecified atom stereocenters. The van der Waals surface area contributed by atoms with E-state index in [0.29, 0.717) is 5.75 Å². The summed E-state index contributed by atoms with van der Waals surface area (Å²) < 4.78 is 1.78. The van der Waals surface area contributed by atoms with Crippen LogP contribution in [0.4, 0.5) is 0 Å². The number of piperidine rings is 1. The van der Waals surface area contributed by atoms with Gasteiger partial charge in [-0.25, -0.2) is 0 Å². The molecule has 0 spiro atoms. The monoisotopic (exact) mass is 361 g/mol. The van der Waals surface area contributed by atoms with Gasteiger partial charge >= 0.3 is 0 Å². The summed E-state index contributed by atoms with van der Waals surface area (Å²) in [6.45, 7) is 9.32. The molecule has 1 atom stereocenters. The number of likely N-dealkylation sites (tertiary alicyclic amines) is 1. The maximum Gasteiger partial charge on any atom is 0.214 e. The fourth-order valence-corrected chi connectivity index (χ4v) is 4.11. The fraction of sp³-hybridized carbons (Fsp3) is 0.611. The molecular formula is C18H27N5OS. The minimum absolute atomic E-state index is 0.374. The molecule has 0 saturated carbocycles. The van der Waals surface area contributed by atoms with Crippen LogP contribution in [0.25, 0.3) is 5.69 Å². The number of para-hydroxylation sites is 1. The zero-order chi connectivity index (χ0) is 17.8. The van der Waals surface area contributed by atoms with E-state index in [4.69, 9.17) is 0 Å². The van der Waals surface area contributed by atoms with E-state index >= 15 is 0 Å². The molecule has 1 N–H and O–H groups in total. The summed E-state index contributed by atoms with van der Waals surface area (Å²) in [6, 6.07) is 6.16. The number of β-amino-alcohol motifs (C(OH)–C–C–N with tert-alkyl or cyclic N) is 1. The Labute approximate surface area is 153 Å². The van der Waals surface area contributed by atoms with E-state index in [-0.39, 0.29) is 6.10 Å². The van der Waals surface area contributed by atoms with Crippen molar-refractivity contribution in [3.63, 3.8) is 0 Å². The first-order chi connectivity index (χ1) is 12.0. The Kier molecular flexibility index (Phi) is 6.09. The second kappa shape index (κ2) is 8.29. The third kappa shape index (κ3) is 4.59. The van der Waals surface area contributed by atoms with Crippen molar-refractivity contribution >= 4 is 11.8 Å². The molecule has 0 bridgehead atoms. The van der Waals surface area contributed by atoms with Gasteiger partial charge in [-0.1, -0.05) is 36.9 Å². The number of tetrazole rings is 1. The molecule has 1 aromatic carbocycles. The second-order valence-electron chi connectivity index (χ2n) is 7.06. The summed E-state index contributed by atoms with van der Waals surface area (Å²) >= 11 is 1.51. The molecule has 25 heavy (non-hydrogen) atoms. The average Bonchev–Trinajstić information content (AvgIpc) is 3.03. The molecule has 3 rings (SSSR count). The second-order valence-corrected chi connectivity index (χ2v) is 8.05. The number of aromatic nitrogens is 4. The number of aliphatic hydroxyl groups is 1. The molecule has 1 aliphatic heterocycles. The number of thioether (sulfide) groups is 1. The van der Waals surface area contributed by atoms with E-state index in [0.717, 1.165) is 47.5 Å². The molecule has 2 aromatic rings. The highest BCUT2D eigenvalue weighted by Gasteiger charge is 2.20. The minimum Gasteiger partial charge on any atom is -0.391 e. The number of hydrogen-bond acceptors (Lipinski definition) is 6. The topological polar surface area (TPSA) is 67.1 Å². The number of nitrogens with zero attached hydrogens (tertiary/aromatic N) is 5. The quantitative estimate of drug-likeness (QED) is 0.797. The first kappa shape index (κ1) is 18.4. The van der Waals surface area contributed by atoms with Crippen LogP contribution in [-0.2, 0) is 0 Å². The smallest absolute Gasteiger partial charge is 0.214 e. The van der Waals surface area contributed by atoms with E-state index in [2.05, 4.69) is 53.3 Å². The van der Waals surface area contributed by atoms with Crippen LogP contribution in [0, 0.1) is 19.8 Å². The summed E-state index contributed by atoms with van der Waals surface area (Å²) in [5, 5.41) is 23.3. The van der Waals surface area contributed by atoms with Crippen LogP contribution in [0.15, 0.2) is 23.4 Å². The van der Waals surface area contributed by atoms with E-state index in [1.165, 1.54) is 24.6 Å². The van der Waals surface area contributed by atoms with Gasteiger partial charge in [-0.2, -0.15) is 4.68 Å². The van der Waals surface area contributed by atoms with Gasteiger partial charge in [-0.05, 0) is 67.3 Å². The highest BCUT2D eigenvalue weighted by molar-refractivity contribution is 7.99. The lowest BCUT2D eigenvalue weighted by Gasteiger charge is -2.31. The number of aryl methyl sites for hydroxylation is 2. The van der Waals surface area contributed by atoms with Gasteiger partial charge in [0, 0.05) is 12.3 Å². The highest BCUT2D eigenvalue weighted by Crippen LogP contribution is 2.24. The van der Waals surface area contributed by atoms with Crippen molar-refractivity contribution in [1.82, 2.24) is 25.1 Å². The third-order valence-electron chi connectivity index (χ3n) is 4.84. The van der Waals surface area contributed by atoms with Crippen LogP contribution in [0.5, 0.6) is 0 Å². The maximum atomic E-state index is 10.4. The van der Waals surface area contributed by atoms with Crippen molar-refractivity contribution in [2.75, 3.05) is 25.4 Å². The van der Waals surface area contributed by atoms with Gasteiger partial charge in [0.1, 0.15) is 0 Å². The van der Waals surface area contributed by atoms with Crippen molar-refractivity contribution in [2.45, 2.75) is 44.9 Å². The fourth-order valence-electron chi connectivity index (χ4n) is 3.32. The van der Waals surface area contributed by atoms with E-state index in [9.17, 15) is 5.11 Å². The first-order valence-corrected chi connectivity index (χ1v) is 9.91. The molecule has 0 aliphatic carbocycles. The van der Waals surface area contributed by atoms with Crippen LogP contribution in [-0.4, -0.2) is 61.7 Å². The molecule has 1 aromatic heterocycles. The van der Waals surface area contributed by atoms with Crippen molar-refractivity contribution in [3.05, 3.63) is 29.3 Å². The Hall–Kier alpha value is -1.44. The predicted molar refractivity (Wildman–Crippen MR) is 100 cm³/mol. The van der Waals surface area contributed by atoms with Gasteiger partial charge < -0.3 is 10.0 Å². The van der Waals surface area contributed by atoms with Crippen molar-refractivity contribution in [3.8, 4) is 5.69 Å². The highest BCUT2D eigenvalue weighted by atomic mass is 32.2. The van der Waals surface area contributed by atoms with Crippen LogP contribution >= 0.6 is 11.8 Å². The Morgan fingerprint density at radius 1 is 1.24 bits per heavy atom. The molecule has 1 aliphatic rings. The lowest BCUT2D eigenvalue weighted by molar-refractivity contribution is 0.105. The third-order valence-corrected chi connectivity index (χ3v) is 5.91. The molecule has 7 heteroatoms. The first-order valence-electron chi connectivity index (χ1n) is 8.92. The molecule has 1 saturated heterocycles. The molecule has 0 radical (unpaired) electrons. The average molecular weight is 362 g/mol. The lowest BCUT2D eigenvalue weighted by atomic mass is 9.99. The normalized spacial score (nSPS) is 17.8. The molecular weight excluding hydrogens is 334 g/mol. The molecule has 0 amide bonds. The van der Waals surface area contributed by atoms with Crippen molar-refractivity contribution in [2.24, 2.45) is 5.92 Å². The SMILES string of the molecule is Cc1cccc(C)c1-n1nnnc1SCC(O)CN1CCC(C)CC1. The maximum absolute atomic E-state index is 10.4. The lowest BCUT2D eigenvalue weighted by Crippen LogP contribution is -2.39. The summed E-state index contributed by atoms with van der Waals surface area (Å²) in [6.07, 6.45) is 2.08. The number of rotatable bonds is 6. The zero-order valence-electron chi connectivity index (χ0n) is 15.2. The van der Waals surface area contributed by atoms with E-state index < -0.39 is 0 Å². The Bertz CT molecular complexity index is 676. The molecule has 1 fully saturated rings. The summed E-state index contributed by atoms with van der Waals surface area (Å²) in [5.41, 5.74) is 3.30. The van der Waals surface area contributed by atoms with Gasteiger partial charge in [-0.15, -0.1) is 5.10 Å². The predicted octanol–water partition coefficient (Wildman–Crippen LogP) is 2.46. The summed E-state index contributed by atoms with van der Waals surface area (Å²) in [4.78, 5) is 2.36. The zero-order valence-corrected chi connectivity index (χ0v) is 16.0. The number of benzene rings is 1. The van der Waals surface area contributed by atoms with Gasteiger partial charge in [0.25, 0.3) is 0 Å². The number of hydrogen-bond donors (Lipinski definition) is 1.